The number of nitrogens with zero attached hydrogens (tertiary/aromatic N) is 2. The van der Waals surface area contributed by atoms with Crippen LogP contribution in [0.5, 0.6) is 0 Å². The van der Waals surface area contributed by atoms with Crippen molar-refractivity contribution in [3.05, 3.63) is 70.9 Å². The Balaban J connectivity index is 2.04. The van der Waals surface area contributed by atoms with Crippen molar-refractivity contribution in [2.45, 2.75) is 38.6 Å². The van der Waals surface area contributed by atoms with Crippen LogP contribution in [0.2, 0.25) is 5.02 Å². The molecular formula is C20H21ClFN3O. The quantitative estimate of drug-likeness (QED) is 0.688. The predicted octanol–water partition coefficient (Wildman–Crippen LogP) is 4.56. The maximum Gasteiger partial charge on any atom is 0.221 e. The van der Waals surface area contributed by atoms with E-state index in [0.717, 1.165) is 12.1 Å². The van der Waals surface area contributed by atoms with E-state index in [1.54, 1.807) is 42.7 Å². The molecule has 0 saturated heterocycles. The monoisotopic (exact) mass is 373 g/mol. The van der Waals surface area contributed by atoms with Gasteiger partial charge in [-0.1, -0.05) is 36.7 Å². The standard InChI is InChI=1S/C20H21ClFN3O/c1-3-13(2)24-20(26)10-16(15-6-4-5-7-17(15)22)18-11-23-19-9-8-14(21)12-25(18)19/h4-9,11-13,16H,3,10H2,1-2H3,(H,24,26). The van der Waals surface area contributed by atoms with Gasteiger partial charge >= 0.3 is 0 Å². The minimum atomic E-state index is -0.464. The van der Waals surface area contributed by atoms with Crippen LogP contribution >= 0.6 is 11.6 Å². The summed E-state index contributed by atoms with van der Waals surface area (Å²) in [7, 11) is 0. The van der Waals surface area contributed by atoms with Crippen LogP contribution in [0.15, 0.2) is 48.8 Å². The molecule has 2 atom stereocenters. The summed E-state index contributed by atoms with van der Waals surface area (Å²) >= 11 is 6.12. The molecule has 2 heterocycles. The summed E-state index contributed by atoms with van der Waals surface area (Å²) in [6.07, 6.45) is 4.38. The lowest BCUT2D eigenvalue weighted by atomic mass is 9.91. The highest BCUT2D eigenvalue weighted by atomic mass is 35.5. The first kappa shape index (κ1) is 18.4. The number of aromatic nitrogens is 2. The first-order valence-electron chi connectivity index (χ1n) is 8.66. The van der Waals surface area contributed by atoms with Crippen LogP contribution in [0.25, 0.3) is 5.65 Å². The molecule has 6 heteroatoms. The predicted molar refractivity (Wildman–Crippen MR) is 101 cm³/mol. The van der Waals surface area contributed by atoms with Crippen LogP contribution in [0, 0.1) is 5.82 Å². The number of nitrogens with one attached hydrogen (secondary N) is 1. The molecule has 2 aromatic heterocycles. The SMILES string of the molecule is CCC(C)NC(=O)CC(c1ccccc1F)c1cnc2ccc(Cl)cn12. The molecule has 0 fully saturated rings. The molecule has 0 aliphatic carbocycles. The number of carbonyl (C=O) groups is 1. The molecule has 4 nitrogen and oxygen atoms in total. The van der Waals surface area contributed by atoms with E-state index in [1.807, 2.05) is 18.2 Å². The Morgan fingerprint density at radius 1 is 1.31 bits per heavy atom. The fraction of sp³-hybridized carbons (Fsp3) is 0.300. The summed E-state index contributed by atoms with van der Waals surface area (Å²) in [5.41, 5.74) is 1.90. The second-order valence-corrected chi connectivity index (χ2v) is 6.85. The number of pyridine rings is 1. The number of carbonyl (C=O) groups excluding carboxylic acids is 1. The van der Waals surface area contributed by atoms with Gasteiger partial charge in [-0.05, 0) is 37.1 Å². The maximum atomic E-state index is 14.5. The Kier molecular flexibility index (Phi) is 5.57. The fourth-order valence-electron chi connectivity index (χ4n) is 2.98. The highest BCUT2D eigenvalue weighted by Gasteiger charge is 2.24. The Bertz CT molecular complexity index is 924. The van der Waals surface area contributed by atoms with Crippen LogP contribution in [-0.4, -0.2) is 21.3 Å². The van der Waals surface area contributed by atoms with Gasteiger partial charge in [-0.2, -0.15) is 0 Å². The molecule has 0 aliphatic heterocycles. The molecule has 1 aromatic carbocycles. The molecule has 0 radical (unpaired) electrons. The van der Waals surface area contributed by atoms with Crippen LogP contribution < -0.4 is 5.32 Å². The van der Waals surface area contributed by atoms with Crippen LogP contribution in [0.3, 0.4) is 0 Å². The van der Waals surface area contributed by atoms with Crippen LogP contribution in [0.4, 0.5) is 4.39 Å². The molecule has 0 aliphatic rings. The molecule has 26 heavy (non-hydrogen) atoms. The lowest BCUT2D eigenvalue weighted by Crippen LogP contribution is -2.33. The Hall–Kier alpha value is -2.40. The second-order valence-electron chi connectivity index (χ2n) is 6.41. The van der Waals surface area contributed by atoms with Crippen molar-refractivity contribution in [2.75, 3.05) is 0 Å². The smallest absolute Gasteiger partial charge is 0.221 e. The summed E-state index contributed by atoms with van der Waals surface area (Å²) in [6.45, 7) is 3.95. The van der Waals surface area contributed by atoms with Gasteiger partial charge in [0.1, 0.15) is 11.5 Å². The Morgan fingerprint density at radius 2 is 2.08 bits per heavy atom. The van der Waals surface area contributed by atoms with Gasteiger partial charge in [0.05, 0.1) is 10.7 Å². The van der Waals surface area contributed by atoms with Crippen molar-refractivity contribution >= 4 is 23.2 Å². The number of benzene rings is 1. The first-order valence-corrected chi connectivity index (χ1v) is 9.03. The van der Waals surface area contributed by atoms with Gasteiger partial charge in [0, 0.05) is 30.8 Å². The minimum Gasteiger partial charge on any atom is -0.354 e. The van der Waals surface area contributed by atoms with Crippen LogP contribution in [-0.2, 0) is 4.79 Å². The lowest BCUT2D eigenvalue weighted by Gasteiger charge is -2.19. The molecule has 0 spiro atoms. The molecular weight excluding hydrogens is 353 g/mol. The molecule has 0 bridgehead atoms. The minimum absolute atomic E-state index is 0.0698. The highest BCUT2D eigenvalue weighted by Crippen LogP contribution is 2.31. The lowest BCUT2D eigenvalue weighted by molar-refractivity contribution is -0.121. The van der Waals surface area contributed by atoms with Crippen molar-refractivity contribution in [3.63, 3.8) is 0 Å². The largest absolute Gasteiger partial charge is 0.354 e. The normalized spacial score (nSPS) is 13.5. The summed E-state index contributed by atoms with van der Waals surface area (Å²) < 4.78 is 16.3. The number of hydrogen-bond donors (Lipinski definition) is 1. The van der Waals surface area contributed by atoms with Gasteiger partial charge in [-0.15, -0.1) is 0 Å². The number of imidazole rings is 1. The van der Waals surface area contributed by atoms with E-state index in [9.17, 15) is 9.18 Å². The molecule has 1 amide bonds. The molecule has 3 aromatic rings. The van der Waals surface area contributed by atoms with E-state index in [2.05, 4.69) is 10.3 Å². The third-order valence-electron chi connectivity index (χ3n) is 4.55. The summed E-state index contributed by atoms with van der Waals surface area (Å²) in [5.74, 6) is -0.927. The highest BCUT2D eigenvalue weighted by molar-refractivity contribution is 6.30. The number of hydrogen-bond acceptors (Lipinski definition) is 2. The third-order valence-corrected chi connectivity index (χ3v) is 4.77. The summed E-state index contributed by atoms with van der Waals surface area (Å²) in [4.78, 5) is 16.9. The third kappa shape index (κ3) is 3.88. The number of fused-ring (bicyclic) bond motifs is 1. The van der Waals surface area contributed by atoms with Gasteiger partial charge in [0.2, 0.25) is 5.91 Å². The van der Waals surface area contributed by atoms with Gasteiger partial charge in [0.15, 0.2) is 0 Å². The number of amides is 1. The van der Waals surface area contributed by atoms with Crippen molar-refractivity contribution in [1.82, 2.24) is 14.7 Å². The molecule has 3 rings (SSSR count). The molecule has 2 unspecified atom stereocenters. The summed E-state index contributed by atoms with van der Waals surface area (Å²) in [5, 5.41) is 3.50. The van der Waals surface area contributed by atoms with E-state index >= 15 is 0 Å². The van der Waals surface area contributed by atoms with E-state index in [4.69, 9.17) is 11.6 Å². The van der Waals surface area contributed by atoms with Gasteiger partial charge in [-0.3, -0.25) is 4.79 Å². The van der Waals surface area contributed by atoms with Crippen molar-refractivity contribution in [2.24, 2.45) is 0 Å². The second kappa shape index (κ2) is 7.87. The van der Waals surface area contributed by atoms with Crippen molar-refractivity contribution < 1.29 is 9.18 Å². The molecule has 1 N–H and O–H groups in total. The number of rotatable bonds is 6. The van der Waals surface area contributed by atoms with E-state index < -0.39 is 5.92 Å². The van der Waals surface area contributed by atoms with Gasteiger partial charge in [0.25, 0.3) is 0 Å². The average Bonchev–Trinajstić information content (AvgIpc) is 3.03. The van der Waals surface area contributed by atoms with Crippen molar-refractivity contribution in [1.29, 1.82) is 0 Å². The fourth-order valence-corrected chi connectivity index (χ4v) is 3.14. The molecule has 136 valence electrons. The van der Waals surface area contributed by atoms with Crippen molar-refractivity contribution in [3.8, 4) is 0 Å². The zero-order chi connectivity index (χ0) is 18.7. The first-order chi connectivity index (χ1) is 12.5. The van der Waals surface area contributed by atoms with Crippen LogP contribution in [0.1, 0.15) is 43.9 Å². The zero-order valence-electron chi connectivity index (χ0n) is 14.7. The van der Waals surface area contributed by atoms with Gasteiger partial charge < -0.3 is 9.72 Å². The molecule has 0 saturated carbocycles. The zero-order valence-corrected chi connectivity index (χ0v) is 15.5. The van der Waals surface area contributed by atoms with E-state index in [-0.39, 0.29) is 24.2 Å². The maximum absolute atomic E-state index is 14.5. The number of halogens is 2. The van der Waals surface area contributed by atoms with E-state index in [0.29, 0.717) is 16.2 Å². The average molecular weight is 374 g/mol. The Morgan fingerprint density at radius 3 is 2.81 bits per heavy atom. The topological polar surface area (TPSA) is 46.4 Å². The summed E-state index contributed by atoms with van der Waals surface area (Å²) in [6, 6.07) is 10.1. The van der Waals surface area contributed by atoms with Gasteiger partial charge in [-0.25, -0.2) is 9.37 Å². The Labute approximate surface area is 157 Å². The van der Waals surface area contributed by atoms with E-state index in [1.165, 1.54) is 6.07 Å².